The van der Waals surface area contributed by atoms with Crippen molar-refractivity contribution in [3.63, 3.8) is 0 Å². The van der Waals surface area contributed by atoms with Crippen LogP contribution >= 0.6 is 0 Å². The zero-order chi connectivity index (χ0) is 23.4. The molecule has 1 saturated heterocycles. The Kier molecular flexibility index (Phi) is 6.45. The minimum absolute atomic E-state index is 0.0141. The summed E-state index contributed by atoms with van der Waals surface area (Å²) in [6, 6.07) is 0. The van der Waals surface area contributed by atoms with E-state index in [1.54, 1.807) is 6.92 Å². The summed E-state index contributed by atoms with van der Waals surface area (Å²) in [5, 5.41) is 21.9. The van der Waals surface area contributed by atoms with Crippen molar-refractivity contribution in [2.24, 2.45) is 35.5 Å². The van der Waals surface area contributed by atoms with Gasteiger partial charge < -0.3 is 24.4 Å². The molecule has 2 unspecified atom stereocenters. The van der Waals surface area contributed by atoms with Crippen molar-refractivity contribution in [2.45, 2.75) is 76.7 Å². The lowest BCUT2D eigenvalue weighted by molar-refractivity contribution is -0.172. The lowest BCUT2D eigenvalue weighted by atomic mass is 9.55. The number of methoxy groups -OCH3 is 1. The van der Waals surface area contributed by atoms with Crippen LogP contribution in [0.5, 0.6) is 0 Å². The van der Waals surface area contributed by atoms with Crippen LogP contribution in [0.4, 0.5) is 0 Å². The molecule has 2 aliphatic heterocycles. The first-order chi connectivity index (χ1) is 15.2. The largest absolute Gasteiger partial charge is 0.457 e. The van der Waals surface area contributed by atoms with Gasteiger partial charge in [-0.1, -0.05) is 38.2 Å². The first-order valence-electron chi connectivity index (χ1n) is 11.9. The van der Waals surface area contributed by atoms with Gasteiger partial charge in [0.05, 0.1) is 18.3 Å². The summed E-state index contributed by atoms with van der Waals surface area (Å²) in [6.45, 7) is 11.7. The van der Waals surface area contributed by atoms with Crippen LogP contribution in [0.3, 0.4) is 0 Å². The molecule has 0 aromatic heterocycles. The summed E-state index contributed by atoms with van der Waals surface area (Å²) in [5.41, 5.74) is 0.306. The number of cyclic esters (lactones) is 1. The number of aliphatic hydroxyl groups excluding tert-OH is 2. The fourth-order valence-electron chi connectivity index (χ4n) is 7.01. The number of carbonyl (C=O) groups is 1. The molecule has 4 rings (SSSR count). The Morgan fingerprint density at radius 2 is 2.09 bits per heavy atom. The zero-order valence-corrected chi connectivity index (χ0v) is 19.8. The van der Waals surface area contributed by atoms with E-state index < -0.39 is 36.0 Å². The minimum atomic E-state index is -0.825. The van der Waals surface area contributed by atoms with Gasteiger partial charge in [0, 0.05) is 30.8 Å². The predicted molar refractivity (Wildman–Crippen MR) is 121 cm³/mol. The van der Waals surface area contributed by atoms with E-state index in [0.717, 1.165) is 12.0 Å². The molecule has 2 heterocycles. The summed E-state index contributed by atoms with van der Waals surface area (Å²) < 4.78 is 18.3. The molecular weight excluding hydrogens is 408 g/mol. The monoisotopic (exact) mass is 446 g/mol. The van der Waals surface area contributed by atoms with Gasteiger partial charge in [0.15, 0.2) is 6.10 Å². The van der Waals surface area contributed by atoms with Crippen LogP contribution in [0, 0.1) is 35.5 Å². The topological polar surface area (TPSA) is 85.2 Å². The molecule has 0 aromatic rings. The third-order valence-corrected chi connectivity index (χ3v) is 8.57. The molecule has 32 heavy (non-hydrogen) atoms. The van der Waals surface area contributed by atoms with Crippen LogP contribution in [0.15, 0.2) is 36.5 Å². The van der Waals surface area contributed by atoms with E-state index in [4.69, 9.17) is 14.2 Å². The molecule has 6 nitrogen and oxygen atoms in total. The molecular formula is C26H38O6. The second-order valence-corrected chi connectivity index (χ2v) is 10.3. The van der Waals surface area contributed by atoms with E-state index in [1.807, 2.05) is 13.0 Å². The molecule has 6 heteroatoms. The first-order valence-corrected chi connectivity index (χ1v) is 11.9. The SMILES string of the molecule is C=CC[C@@H]1C(C)[C@@H](O)[C@@H]2[C@H]3C=C[C@@H]4C[C@H](OC)C(=O)O[C@H](C(C)O)[C@H](C)/C=C(\C)[C@@]24O[C@H]31. The number of carbonyl (C=O) groups excluding carboxylic acids is 1. The first kappa shape index (κ1) is 23.7. The number of esters is 1. The normalized spacial score (nSPS) is 50.6. The molecule has 4 aliphatic rings. The average Bonchev–Trinajstić information content (AvgIpc) is 2.94. The Labute approximate surface area is 191 Å². The van der Waals surface area contributed by atoms with Crippen molar-refractivity contribution in [2.75, 3.05) is 7.11 Å². The summed E-state index contributed by atoms with van der Waals surface area (Å²) in [7, 11) is 1.51. The van der Waals surface area contributed by atoms with Gasteiger partial charge in [-0.05, 0) is 44.1 Å². The Bertz CT molecular complexity index is 802. The molecule has 4 bridgehead atoms. The Hall–Kier alpha value is -1.47. The second-order valence-electron chi connectivity index (χ2n) is 10.3. The van der Waals surface area contributed by atoms with Gasteiger partial charge in [-0.15, -0.1) is 6.58 Å². The summed E-state index contributed by atoms with van der Waals surface area (Å²) >= 11 is 0. The molecule has 1 saturated carbocycles. The molecule has 2 N–H and O–H groups in total. The number of hydrogen-bond acceptors (Lipinski definition) is 6. The summed E-state index contributed by atoms with van der Waals surface area (Å²) in [6.07, 6.45) is 6.68. The lowest BCUT2D eigenvalue weighted by Crippen LogP contribution is -2.55. The standard InChI is InChI=1S/C26H38O6/c1-7-8-18-15(4)22(28)21-19-10-9-17-12-20(30-6)25(29)31-23(16(5)27)13(2)11-14(3)26(17,21)32-24(18)19/h7,9-11,13,15-24,27-28H,1,8,12H2,2-6H3/b14-11+/t13-,15?,16?,17-,18-,19-,20+,21+,22-,23+,24+,26+/m1/s1. The van der Waals surface area contributed by atoms with Crippen LogP contribution in [0.2, 0.25) is 0 Å². The smallest absolute Gasteiger partial charge is 0.335 e. The van der Waals surface area contributed by atoms with Crippen molar-refractivity contribution >= 4 is 5.97 Å². The van der Waals surface area contributed by atoms with Crippen LogP contribution in [-0.4, -0.2) is 59.4 Å². The maximum absolute atomic E-state index is 13.0. The van der Waals surface area contributed by atoms with Gasteiger partial charge in [0.25, 0.3) is 0 Å². The Balaban J connectivity index is 1.86. The Morgan fingerprint density at radius 1 is 1.38 bits per heavy atom. The van der Waals surface area contributed by atoms with E-state index in [1.165, 1.54) is 7.11 Å². The highest BCUT2D eigenvalue weighted by atomic mass is 16.6. The van der Waals surface area contributed by atoms with E-state index in [-0.39, 0.29) is 41.6 Å². The van der Waals surface area contributed by atoms with Crippen molar-refractivity contribution in [3.05, 3.63) is 36.5 Å². The van der Waals surface area contributed by atoms with Crippen LogP contribution in [0.1, 0.15) is 40.5 Å². The summed E-state index contributed by atoms with van der Waals surface area (Å²) in [4.78, 5) is 13.0. The fourth-order valence-corrected chi connectivity index (χ4v) is 7.01. The molecule has 12 atom stereocenters. The number of ether oxygens (including phenoxy) is 3. The van der Waals surface area contributed by atoms with Crippen LogP contribution < -0.4 is 0 Å². The van der Waals surface area contributed by atoms with Crippen LogP contribution in [0.25, 0.3) is 0 Å². The van der Waals surface area contributed by atoms with Gasteiger partial charge in [-0.25, -0.2) is 4.79 Å². The second kappa shape index (κ2) is 8.71. The van der Waals surface area contributed by atoms with Crippen LogP contribution in [-0.2, 0) is 19.0 Å². The number of rotatable bonds is 4. The van der Waals surface area contributed by atoms with Crippen molar-refractivity contribution in [3.8, 4) is 0 Å². The number of hydrogen-bond donors (Lipinski definition) is 2. The van der Waals surface area contributed by atoms with Crippen molar-refractivity contribution in [1.29, 1.82) is 0 Å². The maximum Gasteiger partial charge on any atom is 0.335 e. The summed E-state index contributed by atoms with van der Waals surface area (Å²) in [5.74, 6) is -0.549. The maximum atomic E-state index is 13.0. The quantitative estimate of drug-likeness (QED) is 0.510. The molecule has 0 aromatic carbocycles. The predicted octanol–water partition coefficient (Wildman–Crippen LogP) is 3.04. The minimum Gasteiger partial charge on any atom is -0.457 e. The highest BCUT2D eigenvalue weighted by Crippen LogP contribution is 2.62. The van der Waals surface area contributed by atoms with E-state index in [2.05, 4.69) is 38.7 Å². The van der Waals surface area contributed by atoms with Crippen molar-refractivity contribution in [1.82, 2.24) is 0 Å². The number of allylic oxidation sites excluding steroid dienone is 1. The fraction of sp³-hybridized carbons (Fsp3) is 0.731. The van der Waals surface area contributed by atoms with Gasteiger partial charge >= 0.3 is 5.97 Å². The lowest BCUT2D eigenvalue weighted by Gasteiger charge is -2.49. The zero-order valence-electron chi connectivity index (χ0n) is 19.8. The highest BCUT2D eigenvalue weighted by Gasteiger charge is 2.67. The van der Waals surface area contributed by atoms with Gasteiger partial charge in [0.1, 0.15) is 11.7 Å². The van der Waals surface area contributed by atoms with Crippen molar-refractivity contribution < 1.29 is 29.2 Å². The molecule has 178 valence electrons. The molecule has 0 radical (unpaired) electrons. The van der Waals surface area contributed by atoms with Gasteiger partial charge in [-0.2, -0.15) is 0 Å². The Morgan fingerprint density at radius 3 is 2.72 bits per heavy atom. The third-order valence-electron chi connectivity index (χ3n) is 8.57. The molecule has 2 aliphatic carbocycles. The average molecular weight is 447 g/mol. The molecule has 0 amide bonds. The van der Waals surface area contributed by atoms with Gasteiger partial charge in [0.2, 0.25) is 0 Å². The third kappa shape index (κ3) is 3.42. The van der Waals surface area contributed by atoms with Gasteiger partial charge in [-0.3, -0.25) is 0 Å². The van der Waals surface area contributed by atoms with E-state index in [0.29, 0.717) is 6.42 Å². The molecule has 1 spiro atoms. The molecule has 2 fully saturated rings. The van der Waals surface area contributed by atoms with E-state index >= 15 is 0 Å². The van der Waals surface area contributed by atoms with E-state index in [9.17, 15) is 15.0 Å². The highest BCUT2D eigenvalue weighted by molar-refractivity contribution is 5.75. The number of aliphatic hydroxyl groups is 2.